The third-order valence-electron chi connectivity index (χ3n) is 4.81. The number of carbonyl (C=O) groups is 1. The van der Waals surface area contributed by atoms with Crippen molar-refractivity contribution in [3.8, 4) is 0 Å². The molecule has 26 heavy (non-hydrogen) atoms. The Morgan fingerprint density at radius 3 is 2.42 bits per heavy atom. The molecule has 0 spiro atoms. The highest BCUT2D eigenvalue weighted by Crippen LogP contribution is 2.23. The monoisotopic (exact) mass is 419 g/mol. The van der Waals surface area contributed by atoms with Crippen LogP contribution in [0.25, 0.3) is 0 Å². The predicted molar refractivity (Wildman–Crippen MR) is 105 cm³/mol. The normalized spacial score (nSPS) is 17.0. The summed E-state index contributed by atoms with van der Waals surface area (Å²) in [5, 5.41) is 3.04. The molecule has 1 N–H and O–H groups in total. The van der Waals surface area contributed by atoms with Crippen LogP contribution in [0.5, 0.6) is 0 Å². The Balaban J connectivity index is 1.74. The average molecular weight is 420 g/mol. The molecule has 0 aliphatic carbocycles. The number of likely N-dealkylation sites (N-methyl/N-ethyl adjacent to an activating group) is 1. The number of benzene rings is 2. The van der Waals surface area contributed by atoms with Crippen molar-refractivity contribution in [1.29, 1.82) is 0 Å². The third kappa shape index (κ3) is 4.69. The van der Waals surface area contributed by atoms with Gasteiger partial charge in [-0.2, -0.15) is 0 Å². The maximum absolute atomic E-state index is 13.3. The van der Waals surface area contributed by atoms with Crippen molar-refractivity contribution in [2.75, 3.05) is 39.8 Å². The van der Waals surface area contributed by atoms with Crippen LogP contribution in [0.4, 0.5) is 4.39 Å². The molecule has 138 valence electrons. The first-order chi connectivity index (χ1) is 12.5. The lowest BCUT2D eigenvalue weighted by atomic mass is 10.0. The van der Waals surface area contributed by atoms with Crippen LogP contribution in [0, 0.1) is 5.82 Å². The number of nitrogens with zero attached hydrogens (tertiary/aromatic N) is 2. The summed E-state index contributed by atoms with van der Waals surface area (Å²) in [6.07, 6.45) is 0. The lowest BCUT2D eigenvalue weighted by molar-refractivity contribution is 0.0885. The Morgan fingerprint density at radius 1 is 1.12 bits per heavy atom. The molecule has 0 unspecified atom stereocenters. The molecular weight excluding hydrogens is 397 g/mol. The van der Waals surface area contributed by atoms with E-state index >= 15 is 0 Å². The summed E-state index contributed by atoms with van der Waals surface area (Å²) in [7, 11) is 2.11. The minimum atomic E-state index is -0.247. The Labute approximate surface area is 162 Å². The second-order valence-corrected chi connectivity index (χ2v) is 7.45. The molecule has 0 radical (unpaired) electrons. The van der Waals surface area contributed by atoms with Crippen molar-refractivity contribution in [3.63, 3.8) is 0 Å². The Hall–Kier alpha value is -1.76. The van der Waals surface area contributed by atoms with E-state index < -0.39 is 0 Å². The predicted octanol–water partition coefficient (Wildman–Crippen LogP) is 3.31. The number of nitrogens with one attached hydrogen (secondary N) is 1. The maximum Gasteiger partial charge on any atom is 0.252 e. The second kappa shape index (κ2) is 8.75. The lowest BCUT2D eigenvalue weighted by Gasteiger charge is -2.38. The molecule has 2 aromatic carbocycles. The van der Waals surface area contributed by atoms with Gasteiger partial charge in [-0.25, -0.2) is 4.39 Å². The van der Waals surface area contributed by atoms with Gasteiger partial charge in [-0.15, -0.1) is 0 Å². The molecular formula is C20H23BrFN3O. The highest BCUT2D eigenvalue weighted by atomic mass is 79.9. The van der Waals surface area contributed by atoms with Crippen molar-refractivity contribution >= 4 is 21.8 Å². The summed E-state index contributed by atoms with van der Waals surface area (Å²) in [5.74, 6) is -0.359. The molecule has 1 atom stereocenters. The number of hydrogen-bond acceptors (Lipinski definition) is 3. The van der Waals surface area contributed by atoms with E-state index in [1.807, 2.05) is 30.3 Å². The van der Waals surface area contributed by atoms with Gasteiger partial charge >= 0.3 is 0 Å². The zero-order chi connectivity index (χ0) is 18.5. The third-order valence-corrected chi connectivity index (χ3v) is 5.50. The van der Waals surface area contributed by atoms with Crippen LogP contribution >= 0.6 is 15.9 Å². The molecule has 1 saturated heterocycles. The zero-order valence-corrected chi connectivity index (χ0v) is 16.4. The van der Waals surface area contributed by atoms with E-state index in [-0.39, 0.29) is 17.8 Å². The summed E-state index contributed by atoms with van der Waals surface area (Å²) >= 11 is 3.42. The van der Waals surface area contributed by atoms with Crippen LogP contribution in [-0.4, -0.2) is 55.5 Å². The van der Waals surface area contributed by atoms with E-state index in [0.717, 1.165) is 36.2 Å². The van der Waals surface area contributed by atoms with Gasteiger partial charge in [-0.3, -0.25) is 9.69 Å². The molecule has 2 aromatic rings. The van der Waals surface area contributed by atoms with E-state index in [4.69, 9.17) is 0 Å². The summed E-state index contributed by atoms with van der Waals surface area (Å²) in [6.45, 7) is 4.29. The van der Waals surface area contributed by atoms with Crippen LogP contribution in [-0.2, 0) is 0 Å². The van der Waals surface area contributed by atoms with Crippen molar-refractivity contribution in [3.05, 3.63) is 69.9 Å². The van der Waals surface area contributed by atoms with E-state index in [1.165, 1.54) is 12.1 Å². The molecule has 1 aliphatic rings. The van der Waals surface area contributed by atoms with Crippen molar-refractivity contribution in [2.24, 2.45) is 0 Å². The average Bonchev–Trinajstić information content (AvgIpc) is 2.65. The Morgan fingerprint density at radius 2 is 1.77 bits per heavy atom. The van der Waals surface area contributed by atoms with Crippen molar-refractivity contribution < 1.29 is 9.18 Å². The number of amides is 1. The van der Waals surface area contributed by atoms with Crippen LogP contribution in [0.2, 0.25) is 0 Å². The highest BCUT2D eigenvalue weighted by Gasteiger charge is 2.24. The molecule has 1 amide bonds. The van der Waals surface area contributed by atoms with Gasteiger partial charge in [0.25, 0.3) is 5.91 Å². The molecule has 3 rings (SSSR count). The molecule has 1 aliphatic heterocycles. The van der Waals surface area contributed by atoms with E-state index in [1.54, 1.807) is 6.07 Å². The largest absolute Gasteiger partial charge is 0.350 e. The Kier molecular flexibility index (Phi) is 6.40. The first-order valence-electron chi connectivity index (χ1n) is 8.75. The zero-order valence-electron chi connectivity index (χ0n) is 14.8. The fraction of sp³-hybridized carbons (Fsp3) is 0.350. The first-order valence-corrected chi connectivity index (χ1v) is 9.54. The lowest BCUT2D eigenvalue weighted by Crippen LogP contribution is -2.48. The maximum atomic E-state index is 13.3. The van der Waals surface area contributed by atoms with Gasteiger partial charge in [0, 0.05) is 37.2 Å². The van der Waals surface area contributed by atoms with Gasteiger partial charge < -0.3 is 10.2 Å². The van der Waals surface area contributed by atoms with Crippen molar-refractivity contribution in [2.45, 2.75) is 6.04 Å². The number of hydrogen-bond donors (Lipinski definition) is 1. The van der Waals surface area contributed by atoms with Gasteiger partial charge in [0.2, 0.25) is 0 Å². The van der Waals surface area contributed by atoms with Crippen molar-refractivity contribution in [1.82, 2.24) is 15.1 Å². The number of piperazine rings is 1. The van der Waals surface area contributed by atoms with Crippen LogP contribution < -0.4 is 5.32 Å². The SMILES string of the molecule is CN1CCN([C@H](CNC(=O)c2ccccc2Br)c2ccc(F)cc2)CC1. The van der Waals surface area contributed by atoms with Gasteiger partial charge in [-0.1, -0.05) is 24.3 Å². The molecule has 0 aromatic heterocycles. The molecule has 0 bridgehead atoms. The second-order valence-electron chi connectivity index (χ2n) is 6.60. The van der Waals surface area contributed by atoms with Gasteiger partial charge in [0.1, 0.15) is 5.82 Å². The summed E-state index contributed by atoms with van der Waals surface area (Å²) in [5.41, 5.74) is 1.63. The van der Waals surface area contributed by atoms with Gasteiger partial charge in [0.15, 0.2) is 0 Å². The fourth-order valence-corrected chi connectivity index (χ4v) is 3.67. The minimum absolute atomic E-state index is 0.0238. The number of carbonyl (C=O) groups excluding carboxylic acids is 1. The summed E-state index contributed by atoms with van der Waals surface area (Å²) in [4.78, 5) is 17.2. The standard InChI is InChI=1S/C20H23BrFN3O/c1-24-10-12-25(13-11-24)19(15-6-8-16(22)9-7-15)14-23-20(26)17-4-2-3-5-18(17)21/h2-9,19H,10-14H2,1H3,(H,23,26)/t19-/m1/s1. The van der Waals surface area contributed by atoms with Crippen LogP contribution in [0.3, 0.4) is 0 Å². The summed E-state index contributed by atoms with van der Waals surface area (Å²) < 4.78 is 14.1. The minimum Gasteiger partial charge on any atom is -0.350 e. The van der Waals surface area contributed by atoms with Gasteiger partial charge in [0.05, 0.1) is 11.6 Å². The molecule has 1 fully saturated rings. The van der Waals surface area contributed by atoms with Crippen LogP contribution in [0.1, 0.15) is 22.0 Å². The smallest absolute Gasteiger partial charge is 0.252 e. The highest BCUT2D eigenvalue weighted by molar-refractivity contribution is 9.10. The number of rotatable bonds is 5. The van der Waals surface area contributed by atoms with Crippen LogP contribution in [0.15, 0.2) is 53.0 Å². The first kappa shape index (κ1) is 19.0. The van der Waals surface area contributed by atoms with E-state index in [2.05, 4.69) is 38.1 Å². The topological polar surface area (TPSA) is 35.6 Å². The Bertz CT molecular complexity index is 745. The molecule has 6 heteroatoms. The quantitative estimate of drug-likeness (QED) is 0.807. The molecule has 1 heterocycles. The summed E-state index contributed by atoms with van der Waals surface area (Å²) in [6, 6.07) is 14.0. The fourth-order valence-electron chi connectivity index (χ4n) is 3.21. The van der Waals surface area contributed by atoms with E-state index in [0.29, 0.717) is 12.1 Å². The number of halogens is 2. The van der Waals surface area contributed by atoms with E-state index in [9.17, 15) is 9.18 Å². The molecule has 4 nitrogen and oxygen atoms in total. The van der Waals surface area contributed by atoms with Gasteiger partial charge in [-0.05, 0) is 52.8 Å². The molecule has 0 saturated carbocycles.